The lowest BCUT2D eigenvalue weighted by Crippen LogP contribution is -2.06. The minimum atomic E-state index is -4.54. The van der Waals surface area contributed by atoms with Crippen LogP contribution in [0.5, 0.6) is 0 Å². The molecule has 3 aromatic rings. The molecule has 0 atom stereocenters. The Morgan fingerprint density at radius 1 is 1.26 bits per heavy atom. The van der Waals surface area contributed by atoms with Gasteiger partial charge in [-0.05, 0) is 42.4 Å². The third-order valence-corrected chi connectivity index (χ3v) is 5.11. The molecule has 10 heteroatoms. The number of halogens is 5. The van der Waals surface area contributed by atoms with Crippen molar-refractivity contribution in [2.45, 2.75) is 35.7 Å². The van der Waals surface area contributed by atoms with Crippen molar-refractivity contribution in [1.82, 2.24) is 14.5 Å². The number of alkyl halides is 3. The van der Waals surface area contributed by atoms with Crippen molar-refractivity contribution in [3.63, 3.8) is 0 Å². The van der Waals surface area contributed by atoms with E-state index >= 15 is 0 Å². The standard InChI is InChI=1S/C17H12ClF4N3OS/c18-12-7-10(17(20,21)22)9-23-15(12)27-16-24-13-4-3-11(19)8-14(13)25(16)5-1-2-6-26/h3-4,6-9H,1-2,5H2. The number of pyridine rings is 1. The molecular formula is C17H12ClF4N3OS. The van der Waals surface area contributed by atoms with Crippen molar-refractivity contribution in [3.8, 4) is 0 Å². The summed E-state index contributed by atoms with van der Waals surface area (Å²) in [5, 5.41) is 0.389. The number of nitrogens with zero attached hydrogens (tertiary/aromatic N) is 3. The van der Waals surface area contributed by atoms with Crippen LogP contribution in [0, 0.1) is 5.82 Å². The molecule has 0 fully saturated rings. The number of rotatable bonds is 6. The second-order valence-electron chi connectivity index (χ2n) is 5.60. The maximum absolute atomic E-state index is 13.6. The van der Waals surface area contributed by atoms with Crippen molar-refractivity contribution in [2.24, 2.45) is 0 Å². The summed E-state index contributed by atoms with van der Waals surface area (Å²) in [4.78, 5) is 18.8. The number of aromatic nitrogens is 3. The Morgan fingerprint density at radius 2 is 2.04 bits per heavy atom. The highest BCUT2D eigenvalue weighted by Crippen LogP contribution is 2.37. The molecule has 0 bridgehead atoms. The smallest absolute Gasteiger partial charge is 0.319 e. The van der Waals surface area contributed by atoms with Gasteiger partial charge in [-0.25, -0.2) is 14.4 Å². The Balaban J connectivity index is 1.98. The number of hydrogen-bond acceptors (Lipinski definition) is 4. The van der Waals surface area contributed by atoms with E-state index in [1.165, 1.54) is 18.2 Å². The van der Waals surface area contributed by atoms with Crippen molar-refractivity contribution in [2.75, 3.05) is 0 Å². The van der Waals surface area contributed by atoms with Crippen molar-refractivity contribution < 1.29 is 22.4 Å². The minimum absolute atomic E-state index is 0.150. The summed E-state index contributed by atoms with van der Waals surface area (Å²) >= 11 is 6.94. The SMILES string of the molecule is O=CCCCn1c(Sc2ncc(C(F)(F)F)cc2Cl)nc2ccc(F)cc21. The van der Waals surface area contributed by atoms with Gasteiger partial charge in [-0.2, -0.15) is 13.2 Å². The number of benzene rings is 1. The molecule has 1 aromatic carbocycles. The van der Waals surface area contributed by atoms with Gasteiger partial charge < -0.3 is 9.36 Å². The molecular weight excluding hydrogens is 406 g/mol. The fourth-order valence-corrected chi connectivity index (χ4v) is 3.60. The number of carbonyl (C=O) groups excluding carboxylic acids is 1. The quantitative estimate of drug-likeness (QED) is 0.307. The number of imidazole rings is 1. The Morgan fingerprint density at radius 3 is 2.70 bits per heavy atom. The largest absolute Gasteiger partial charge is 0.417 e. The van der Waals surface area contributed by atoms with E-state index < -0.39 is 17.6 Å². The molecule has 0 aliphatic carbocycles. The predicted octanol–water partition coefficient (Wildman–Crippen LogP) is 5.37. The summed E-state index contributed by atoms with van der Waals surface area (Å²) in [5.41, 5.74) is 0.0953. The molecule has 2 aromatic heterocycles. The summed E-state index contributed by atoms with van der Waals surface area (Å²) in [6.45, 7) is 0.388. The molecule has 0 spiro atoms. The van der Waals surface area contributed by atoms with E-state index in [1.54, 1.807) is 4.57 Å². The first-order valence-electron chi connectivity index (χ1n) is 7.79. The van der Waals surface area contributed by atoms with Gasteiger partial charge in [-0.15, -0.1) is 0 Å². The predicted molar refractivity (Wildman–Crippen MR) is 93.4 cm³/mol. The van der Waals surface area contributed by atoms with Gasteiger partial charge in [-0.3, -0.25) is 0 Å². The molecule has 0 aliphatic heterocycles. The highest BCUT2D eigenvalue weighted by atomic mass is 35.5. The zero-order valence-electron chi connectivity index (χ0n) is 13.6. The summed E-state index contributed by atoms with van der Waals surface area (Å²) in [7, 11) is 0. The fraction of sp³-hybridized carbons (Fsp3) is 0.235. The van der Waals surface area contributed by atoms with E-state index in [0.717, 1.165) is 24.1 Å². The maximum Gasteiger partial charge on any atom is 0.417 e. The molecule has 142 valence electrons. The van der Waals surface area contributed by atoms with Crippen molar-refractivity contribution >= 4 is 40.7 Å². The molecule has 2 heterocycles. The van der Waals surface area contributed by atoms with Crippen LogP contribution in [0.3, 0.4) is 0 Å². The van der Waals surface area contributed by atoms with Crippen LogP contribution >= 0.6 is 23.4 Å². The average molecular weight is 418 g/mol. The van der Waals surface area contributed by atoms with E-state index in [9.17, 15) is 22.4 Å². The lowest BCUT2D eigenvalue weighted by molar-refractivity contribution is -0.137. The summed E-state index contributed by atoms with van der Waals surface area (Å²) in [6.07, 6.45) is -2.24. The zero-order chi connectivity index (χ0) is 19.6. The number of unbranched alkanes of at least 4 members (excludes halogenated alkanes) is 1. The summed E-state index contributed by atoms with van der Waals surface area (Å²) < 4.78 is 53.6. The number of aldehydes is 1. The van der Waals surface area contributed by atoms with Crippen LogP contribution in [0.25, 0.3) is 11.0 Å². The van der Waals surface area contributed by atoms with E-state index in [-0.39, 0.29) is 10.0 Å². The fourth-order valence-electron chi connectivity index (χ4n) is 2.44. The lowest BCUT2D eigenvalue weighted by atomic mass is 10.3. The Bertz CT molecular complexity index is 990. The third-order valence-electron chi connectivity index (χ3n) is 3.70. The van der Waals surface area contributed by atoms with E-state index in [4.69, 9.17) is 11.6 Å². The van der Waals surface area contributed by atoms with E-state index in [2.05, 4.69) is 9.97 Å². The van der Waals surface area contributed by atoms with Crippen LogP contribution in [0.1, 0.15) is 18.4 Å². The minimum Gasteiger partial charge on any atom is -0.319 e. The first kappa shape index (κ1) is 19.6. The first-order valence-corrected chi connectivity index (χ1v) is 8.99. The van der Waals surface area contributed by atoms with E-state index in [1.807, 2.05) is 0 Å². The van der Waals surface area contributed by atoms with Gasteiger partial charge in [0.2, 0.25) is 0 Å². The van der Waals surface area contributed by atoms with Gasteiger partial charge in [0.15, 0.2) is 5.16 Å². The molecule has 0 saturated heterocycles. The van der Waals surface area contributed by atoms with Gasteiger partial charge >= 0.3 is 6.18 Å². The summed E-state index contributed by atoms with van der Waals surface area (Å²) in [5.74, 6) is -0.443. The highest BCUT2D eigenvalue weighted by molar-refractivity contribution is 7.99. The van der Waals surface area contributed by atoms with Gasteiger partial charge in [-0.1, -0.05) is 11.6 Å². The van der Waals surface area contributed by atoms with Crippen LogP contribution in [0.15, 0.2) is 40.6 Å². The van der Waals surface area contributed by atoms with Crippen LogP contribution in [0.4, 0.5) is 17.6 Å². The normalized spacial score (nSPS) is 11.9. The molecule has 0 unspecified atom stereocenters. The Kier molecular flexibility index (Phi) is 5.71. The van der Waals surface area contributed by atoms with Gasteiger partial charge in [0.05, 0.1) is 21.6 Å². The molecule has 0 radical (unpaired) electrons. The third kappa shape index (κ3) is 4.41. The number of fused-ring (bicyclic) bond motifs is 1. The molecule has 0 aliphatic rings. The van der Waals surface area contributed by atoms with Crippen molar-refractivity contribution in [1.29, 1.82) is 0 Å². The average Bonchev–Trinajstić information content (AvgIpc) is 2.93. The van der Waals surface area contributed by atoms with E-state index in [0.29, 0.717) is 41.8 Å². The molecule has 4 nitrogen and oxygen atoms in total. The molecule has 0 amide bonds. The zero-order valence-corrected chi connectivity index (χ0v) is 15.2. The monoisotopic (exact) mass is 417 g/mol. The second-order valence-corrected chi connectivity index (χ2v) is 6.96. The first-order chi connectivity index (χ1) is 12.8. The number of aryl methyl sites for hydroxylation is 1. The number of hydrogen-bond donors (Lipinski definition) is 0. The van der Waals surface area contributed by atoms with Crippen molar-refractivity contribution in [3.05, 3.63) is 46.9 Å². The van der Waals surface area contributed by atoms with Crippen LogP contribution in [-0.4, -0.2) is 20.8 Å². The molecule has 0 N–H and O–H groups in total. The topological polar surface area (TPSA) is 47.8 Å². The molecule has 27 heavy (non-hydrogen) atoms. The maximum atomic E-state index is 13.6. The van der Waals surface area contributed by atoms with Crippen LogP contribution in [-0.2, 0) is 17.5 Å². The van der Waals surface area contributed by atoms with Gasteiger partial charge in [0, 0.05) is 19.2 Å². The molecule has 0 saturated carbocycles. The van der Waals surface area contributed by atoms with Gasteiger partial charge in [0.25, 0.3) is 0 Å². The Hall–Kier alpha value is -2.13. The van der Waals surface area contributed by atoms with Crippen LogP contribution in [0.2, 0.25) is 5.02 Å². The van der Waals surface area contributed by atoms with Crippen LogP contribution < -0.4 is 0 Å². The highest BCUT2D eigenvalue weighted by Gasteiger charge is 2.31. The lowest BCUT2D eigenvalue weighted by Gasteiger charge is -2.10. The van der Waals surface area contributed by atoms with Gasteiger partial charge in [0.1, 0.15) is 17.1 Å². The Labute approximate surface area is 160 Å². The second kappa shape index (κ2) is 7.85. The molecule has 3 rings (SSSR count). The number of carbonyl (C=O) groups is 1. The summed E-state index contributed by atoms with van der Waals surface area (Å²) in [6, 6.07) is 4.89.